The molecule has 0 bridgehead atoms. The van der Waals surface area contributed by atoms with E-state index in [0.717, 1.165) is 10.2 Å². The summed E-state index contributed by atoms with van der Waals surface area (Å²) in [4.78, 5) is 30.8. The number of rotatable bonds is 5. The molecule has 0 saturated carbocycles. The molecular weight excluding hydrogens is 511 g/mol. The van der Waals surface area contributed by atoms with Crippen molar-refractivity contribution in [3.63, 3.8) is 0 Å². The van der Waals surface area contributed by atoms with E-state index >= 15 is 0 Å². The summed E-state index contributed by atoms with van der Waals surface area (Å²) in [6.07, 6.45) is 0. The lowest BCUT2D eigenvalue weighted by molar-refractivity contribution is -0.384. The third-order valence-electron chi connectivity index (χ3n) is 5.62. The summed E-state index contributed by atoms with van der Waals surface area (Å²) in [5, 5.41) is 15.8. The highest BCUT2D eigenvalue weighted by Gasteiger charge is 2.24. The van der Waals surface area contributed by atoms with Gasteiger partial charge in [-0.15, -0.1) is 11.3 Å². The van der Waals surface area contributed by atoms with Gasteiger partial charge in [0.05, 0.1) is 44.1 Å². The SMILES string of the molecule is O=C(Nc1cc(-c2nc3ccccc3s2)c(Cl)cc1Cl)c1ccc(N2CCOCC2)c([N+](=O)[O-])c1. The monoisotopic (exact) mass is 528 g/mol. The molecule has 178 valence electrons. The van der Waals surface area contributed by atoms with Crippen LogP contribution in [-0.2, 0) is 4.74 Å². The number of morpholine rings is 1. The average molecular weight is 529 g/mol. The van der Waals surface area contributed by atoms with Crippen LogP contribution in [-0.4, -0.2) is 42.1 Å². The Kier molecular flexibility index (Phi) is 6.57. The first kappa shape index (κ1) is 23.5. The molecule has 1 aromatic heterocycles. The molecule has 1 aliphatic rings. The Hall–Kier alpha value is -3.24. The van der Waals surface area contributed by atoms with Gasteiger partial charge in [0.25, 0.3) is 11.6 Å². The van der Waals surface area contributed by atoms with Crippen molar-refractivity contribution in [1.29, 1.82) is 0 Å². The number of amides is 1. The number of nitro benzene ring substituents is 1. The first-order valence-electron chi connectivity index (χ1n) is 10.7. The first-order valence-corrected chi connectivity index (χ1v) is 12.3. The molecule has 1 amide bonds. The minimum Gasteiger partial charge on any atom is -0.378 e. The van der Waals surface area contributed by atoms with Gasteiger partial charge in [0, 0.05) is 30.3 Å². The third-order valence-corrected chi connectivity index (χ3v) is 7.31. The fourth-order valence-corrected chi connectivity index (χ4v) is 5.45. The number of fused-ring (bicyclic) bond motifs is 1. The predicted molar refractivity (Wildman–Crippen MR) is 139 cm³/mol. The van der Waals surface area contributed by atoms with Gasteiger partial charge in [0.1, 0.15) is 10.7 Å². The van der Waals surface area contributed by atoms with E-state index in [0.29, 0.717) is 53.3 Å². The highest BCUT2D eigenvalue weighted by Crippen LogP contribution is 2.39. The number of benzene rings is 3. The van der Waals surface area contributed by atoms with E-state index in [1.807, 2.05) is 29.2 Å². The molecule has 3 aromatic carbocycles. The van der Waals surface area contributed by atoms with Crippen LogP contribution in [0.3, 0.4) is 0 Å². The number of para-hydroxylation sites is 1. The van der Waals surface area contributed by atoms with Gasteiger partial charge in [-0.2, -0.15) is 0 Å². The minimum absolute atomic E-state index is 0.140. The third kappa shape index (κ3) is 4.81. The highest BCUT2D eigenvalue weighted by molar-refractivity contribution is 7.21. The summed E-state index contributed by atoms with van der Waals surface area (Å²) in [5.41, 5.74) is 2.25. The molecular formula is C24H18Cl2N4O4S. The molecule has 1 saturated heterocycles. The summed E-state index contributed by atoms with van der Waals surface area (Å²) in [6, 6.07) is 15.4. The van der Waals surface area contributed by atoms with E-state index in [2.05, 4.69) is 10.3 Å². The zero-order valence-corrected chi connectivity index (χ0v) is 20.5. The summed E-state index contributed by atoms with van der Waals surface area (Å²) in [7, 11) is 0. The Bertz CT molecular complexity index is 1420. The van der Waals surface area contributed by atoms with Crippen molar-refractivity contribution < 1.29 is 14.5 Å². The standard InChI is InChI=1S/C24H18Cl2N4O4S/c25-16-13-17(26)19(12-15(16)24-28-18-3-1-2-4-22(18)35-24)27-23(31)14-5-6-20(21(11-14)30(32)33)29-7-9-34-10-8-29/h1-6,11-13H,7-10H2,(H,27,31). The van der Waals surface area contributed by atoms with Crippen LogP contribution in [0.25, 0.3) is 20.8 Å². The fourth-order valence-electron chi connectivity index (χ4n) is 3.87. The smallest absolute Gasteiger partial charge is 0.293 e. The van der Waals surface area contributed by atoms with Gasteiger partial charge in [-0.1, -0.05) is 35.3 Å². The van der Waals surface area contributed by atoms with Gasteiger partial charge in [0.2, 0.25) is 0 Å². The van der Waals surface area contributed by atoms with Crippen molar-refractivity contribution in [2.45, 2.75) is 0 Å². The van der Waals surface area contributed by atoms with E-state index < -0.39 is 10.8 Å². The number of carbonyl (C=O) groups excluding carboxylic acids is 1. The second-order valence-corrected chi connectivity index (χ2v) is 9.66. The normalized spacial score (nSPS) is 13.7. The largest absolute Gasteiger partial charge is 0.378 e. The summed E-state index contributed by atoms with van der Waals surface area (Å²) in [5.74, 6) is -0.527. The predicted octanol–water partition coefficient (Wildman–Crippen LogP) is 6.27. The molecule has 11 heteroatoms. The Morgan fingerprint density at radius 1 is 1.09 bits per heavy atom. The van der Waals surface area contributed by atoms with E-state index in [1.165, 1.54) is 17.4 Å². The lowest BCUT2D eigenvalue weighted by atomic mass is 10.1. The van der Waals surface area contributed by atoms with Crippen LogP contribution in [0.15, 0.2) is 54.6 Å². The molecule has 4 aromatic rings. The van der Waals surface area contributed by atoms with Gasteiger partial charge in [-0.25, -0.2) is 4.98 Å². The van der Waals surface area contributed by atoms with Crippen LogP contribution in [0.4, 0.5) is 17.1 Å². The molecule has 8 nitrogen and oxygen atoms in total. The van der Waals surface area contributed by atoms with Crippen LogP contribution in [0, 0.1) is 10.1 Å². The summed E-state index contributed by atoms with van der Waals surface area (Å²) in [6.45, 7) is 2.07. The zero-order valence-electron chi connectivity index (χ0n) is 18.2. The lowest BCUT2D eigenvalue weighted by Crippen LogP contribution is -2.36. The van der Waals surface area contributed by atoms with Gasteiger partial charge in [-0.3, -0.25) is 14.9 Å². The molecule has 0 unspecified atom stereocenters. The van der Waals surface area contributed by atoms with Crippen molar-refractivity contribution >= 4 is 67.7 Å². The molecule has 35 heavy (non-hydrogen) atoms. The van der Waals surface area contributed by atoms with Crippen LogP contribution in [0.1, 0.15) is 10.4 Å². The maximum atomic E-state index is 13.0. The number of aromatic nitrogens is 1. The highest BCUT2D eigenvalue weighted by atomic mass is 35.5. The van der Waals surface area contributed by atoms with E-state index in [4.69, 9.17) is 27.9 Å². The Labute approximate surface area is 214 Å². The Morgan fingerprint density at radius 3 is 2.60 bits per heavy atom. The van der Waals surface area contributed by atoms with E-state index in [1.54, 1.807) is 24.3 Å². The molecule has 0 spiro atoms. The number of carbonyl (C=O) groups is 1. The van der Waals surface area contributed by atoms with Crippen molar-refractivity contribution in [2.24, 2.45) is 0 Å². The number of halogens is 2. The summed E-state index contributed by atoms with van der Waals surface area (Å²) >= 11 is 14.3. The van der Waals surface area contributed by atoms with Gasteiger partial charge in [0.15, 0.2) is 0 Å². The van der Waals surface area contributed by atoms with Crippen LogP contribution in [0.2, 0.25) is 10.0 Å². The van der Waals surface area contributed by atoms with E-state index in [-0.39, 0.29) is 16.3 Å². The topological polar surface area (TPSA) is 97.6 Å². The number of thiazole rings is 1. The van der Waals surface area contributed by atoms with Crippen LogP contribution in [0.5, 0.6) is 0 Å². The van der Waals surface area contributed by atoms with Crippen molar-refractivity contribution in [3.05, 3.63) is 80.3 Å². The molecule has 2 heterocycles. The van der Waals surface area contributed by atoms with Crippen LogP contribution >= 0.6 is 34.5 Å². The van der Waals surface area contributed by atoms with Crippen LogP contribution < -0.4 is 10.2 Å². The Morgan fingerprint density at radius 2 is 1.86 bits per heavy atom. The van der Waals surface area contributed by atoms with Crippen molar-refractivity contribution in [1.82, 2.24) is 4.98 Å². The van der Waals surface area contributed by atoms with E-state index in [9.17, 15) is 14.9 Å². The summed E-state index contributed by atoms with van der Waals surface area (Å²) < 4.78 is 6.33. The second kappa shape index (κ2) is 9.79. The van der Waals surface area contributed by atoms with Gasteiger partial charge in [-0.05, 0) is 36.4 Å². The molecule has 1 N–H and O–H groups in total. The second-order valence-electron chi connectivity index (χ2n) is 7.81. The van der Waals surface area contributed by atoms with Crippen molar-refractivity contribution in [2.75, 3.05) is 36.5 Å². The molecule has 0 atom stereocenters. The van der Waals surface area contributed by atoms with Crippen molar-refractivity contribution in [3.8, 4) is 10.6 Å². The molecule has 1 fully saturated rings. The number of nitrogens with zero attached hydrogens (tertiary/aromatic N) is 3. The average Bonchev–Trinajstić information content (AvgIpc) is 3.29. The quantitative estimate of drug-likeness (QED) is 0.242. The number of anilines is 2. The lowest BCUT2D eigenvalue weighted by Gasteiger charge is -2.28. The minimum atomic E-state index is -0.527. The number of nitrogens with one attached hydrogen (secondary N) is 1. The first-order chi connectivity index (χ1) is 16.9. The maximum Gasteiger partial charge on any atom is 0.293 e. The Balaban J connectivity index is 1.45. The zero-order chi connectivity index (χ0) is 24.5. The molecule has 5 rings (SSSR count). The number of hydrogen-bond acceptors (Lipinski definition) is 7. The number of hydrogen-bond donors (Lipinski definition) is 1. The molecule has 0 radical (unpaired) electrons. The molecule has 1 aliphatic heterocycles. The number of nitro groups is 1. The maximum absolute atomic E-state index is 13.0. The van der Waals surface area contributed by atoms with Gasteiger partial charge < -0.3 is 15.0 Å². The van der Waals surface area contributed by atoms with Gasteiger partial charge >= 0.3 is 0 Å². The fraction of sp³-hybridized carbons (Fsp3) is 0.167. The molecule has 0 aliphatic carbocycles. The number of ether oxygens (including phenoxy) is 1.